The van der Waals surface area contributed by atoms with E-state index in [-0.39, 0.29) is 30.9 Å². The Hall–Kier alpha value is -2.18. The predicted octanol–water partition coefficient (Wildman–Crippen LogP) is 1.78. The summed E-state index contributed by atoms with van der Waals surface area (Å²) in [5, 5.41) is 9.20. The molecule has 0 saturated heterocycles. The molecule has 2 rings (SSSR count). The lowest BCUT2D eigenvalue weighted by Gasteiger charge is -2.16. The van der Waals surface area contributed by atoms with E-state index in [1.807, 2.05) is 11.4 Å². The van der Waals surface area contributed by atoms with Crippen molar-refractivity contribution in [3.63, 3.8) is 0 Å². The Kier molecular flexibility index (Phi) is 7.81. The molecule has 2 atom stereocenters. The second-order valence-corrected chi connectivity index (χ2v) is 7.34. The van der Waals surface area contributed by atoms with Crippen molar-refractivity contribution >= 4 is 23.2 Å². The third kappa shape index (κ3) is 5.68. The van der Waals surface area contributed by atoms with E-state index < -0.39 is 0 Å². The lowest BCUT2D eigenvalue weighted by atomic mass is 9.95. The van der Waals surface area contributed by atoms with Crippen LogP contribution in [0.1, 0.15) is 48.2 Å². The number of amides is 2. The number of thiophene rings is 1. The average molecular weight is 375 g/mol. The van der Waals surface area contributed by atoms with Gasteiger partial charge in [-0.15, -0.1) is 11.3 Å². The van der Waals surface area contributed by atoms with Crippen LogP contribution in [0.15, 0.2) is 41.8 Å². The number of carbonyl (C=O) groups is 2. The summed E-state index contributed by atoms with van der Waals surface area (Å²) in [5.74, 6) is 0.198. The van der Waals surface area contributed by atoms with Gasteiger partial charge in [-0.1, -0.05) is 44.2 Å². The quantitative estimate of drug-likeness (QED) is 0.626. The summed E-state index contributed by atoms with van der Waals surface area (Å²) in [6, 6.07) is 12.9. The summed E-state index contributed by atoms with van der Waals surface area (Å²) in [4.78, 5) is 24.5. The van der Waals surface area contributed by atoms with Crippen molar-refractivity contribution in [3.05, 3.63) is 57.8 Å². The van der Waals surface area contributed by atoms with Crippen molar-refractivity contribution in [2.24, 2.45) is 0 Å². The number of quaternary nitrogens is 1. The van der Waals surface area contributed by atoms with Gasteiger partial charge >= 0.3 is 0 Å². The number of likely N-dealkylation sites (N-methyl/N-ethyl adjacent to an activating group) is 1. The Morgan fingerprint density at radius 2 is 1.81 bits per heavy atom. The number of carbonyl (C=O) groups excluding carboxylic acids is 2. The van der Waals surface area contributed by atoms with Gasteiger partial charge in [0, 0.05) is 12.6 Å². The summed E-state index contributed by atoms with van der Waals surface area (Å²) in [7, 11) is 1.55. The third-order valence-corrected chi connectivity index (χ3v) is 5.55. The van der Waals surface area contributed by atoms with E-state index in [2.05, 4.69) is 60.2 Å². The van der Waals surface area contributed by atoms with Gasteiger partial charge < -0.3 is 16.0 Å². The standard InChI is InChI=1S/C20H27N3O2S/c1-4-14(2)15-7-9-16(10-8-15)20(17-6-5-11-26-17)23-13-19(25)22-12-18(24)21-3/h5-11,14,20,23H,4,12-13H2,1-3H3,(H,21,24)(H,22,25)/p+1/t14-,20-/m0/s1. The number of benzene rings is 1. The maximum absolute atomic E-state index is 12.0. The molecule has 1 aromatic heterocycles. The Morgan fingerprint density at radius 1 is 1.12 bits per heavy atom. The van der Waals surface area contributed by atoms with E-state index in [0.29, 0.717) is 5.92 Å². The molecule has 4 N–H and O–H groups in total. The minimum absolute atomic E-state index is 0.0104. The molecular formula is C20H28N3O2S+. The fourth-order valence-corrected chi connectivity index (χ4v) is 3.57. The molecular weight excluding hydrogens is 346 g/mol. The fraction of sp³-hybridized carbons (Fsp3) is 0.400. The first-order valence-corrected chi connectivity index (χ1v) is 9.87. The Bertz CT molecular complexity index is 698. The van der Waals surface area contributed by atoms with E-state index in [9.17, 15) is 9.59 Å². The molecule has 0 radical (unpaired) electrons. The van der Waals surface area contributed by atoms with Gasteiger partial charge in [-0.3, -0.25) is 9.59 Å². The molecule has 0 saturated carbocycles. The van der Waals surface area contributed by atoms with Gasteiger partial charge in [0.25, 0.3) is 5.91 Å². The van der Waals surface area contributed by atoms with Crippen molar-refractivity contribution in [3.8, 4) is 0 Å². The Balaban J connectivity index is 2.05. The van der Waals surface area contributed by atoms with Gasteiger partial charge in [-0.2, -0.15) is 0 Å². The molecule has 0 aliphatic carbocycles. The molecule has 2 aromatic rings. The van der Waals surface area contributed by atoms with E-state index in [1.54, 1.807) is 18.4 Å². The monoisotopic (exact) mass is 374 g/mol. The Morgan fingerprint density at radius 3 is 2.38 bits per heavy atom. The molecule has 0 aliphatic rings. The molecule has 140 valence electrons. The van der Waals surface area contributed by atoms with Crippen LogP contribution in [0, 0.1) is 0 Å². The van der Waals surface area contributed by atoms with Crippen LogP contribution in [0.3, 0.4) is 0 Å². The van der Waals surface area contributed by atoms with Gasteiger partial charge in [0.15, 0.2) is 6.54 Å². The molecule has 0 spiro atoms. The smallest absolute Gasteiger partial charge is 0.275 e. The van der Waals surface area contributed by atoms with Crippen LogP contribution in [-0.4, -0.2) is 32.0 Å². The van der Waals surface area contributed by atoms with Crippen LogP contribution in [0.2, 0.25) is 0 Å². The van der Waals surface area contributed by atoms with Crippen LogP contribution in [0.5, 0.6) is 0 Å². The predicted molar refractivity (Wildman–Crippen MR) is 105 cm³/mol. The van der Waals surface area contributed by atoms with Crippen LogP contribution in [0.25, 0.3) is 0 Å². The summed E-state index contributed by atoms with van der Waals surface area (Å²) in [6.07, 6.45) is 1.12. The minimum Gasteiger partial charge on any atom is -0.358 e. The number of hydrogen-bond donors (Lipinski definition) is 3. The maximum atomic E-state index is 12.0. The van der Waals surface area contributed by atoms with Crippen molar-refractivity contribution in [2.75, 3.05) is 20.1 Å². The zero-order valence-electron chi connectivity index (χ0n) is 15.6. The minimum atomic E-state index is -0.200. The van der Waals surface area contributed by atoms with Crippen molar-refractivity contribution in [1.82, 2.24) is 10.6 Å². The summed E-state index contributed by atoms with van der Waals surface area (Å²) in [5.41, 5.74) is 2.52. The molecule has 0 bridgehead atoms. The highest BCUT2D eigenvalue weighted by atomic mass is 32.1. The molecule has 1 heterocycles. The summed E-state index contributed by atoms with van der Waals surface area (Å²) >= 11 is 1.69. The van der Waals surface area contributed by atoms with E-state index in [4.69, 9.17) is 0 Å². The first-order chi connectivity index (χ1) is 12.5. The maximum Gasteiger partial charge on any atom is 0.275 e. The van der Waals surface area contributed by atoms with E-state index in [0.717, 1.165) is 6.42 Å². The lowest BCUT2D eigenvalue weighted by Crippen LogP contribution is -2.87. The van der Waals surface area contributed by atoms with Crippen LogP contribution < -0.4 is 16.0 Å². The van der Waals surface area contributed by atoms with Crippen molar-refractivity contribution in [2.45, 2.75) is 32.2 Å². The first-order valence-electron chi connectivity index (χ1n) is 8.99. The van der Waals surface area contributed by atoms with Gasteiger partial charge in [-0.25, -0.2) is 0 Å². The van der Waals surface area contributed by atoms with Crippen LogP contribution >= 0.6 is 11.3 Å². The highest BCUT2D eigenvalue weighted by Crippen LogP contribution is 2.25. The first kappa shape index (κ1) is 20.1. The van der Waals surface area contributed by atoms with Crippen molar-refractivity contribution in [1.29, 1.82) is 0 Å². The molecule has 0 fully saturated rings. The van der Waals surface area contributed by atoms with Gasteiger partial charge in [0.2, 0.25) is 5.91 Å². The molecule has 0 unspecified atom stereocenters. The van der Waals surface area contributed by atoms with Gasteiger partial charge in [0.1, 0.15) is 6.04 Å². The lowest BCUT2D eigenvalue weighted by molar-refractivity contribution is -0.676. The normalized spacial score (nSPS) is 13.0. The zero-order valence-corrected chi connectivity index (χ0v) is 16.4. The highest BCUT2D eigenvalue weighted by molar-refractivity contribution is 7.10. The van der Waals surface area contributed by atoms with Crippen molar-refractivity contribution < 1.29 is 14.9 Å². The third-order valence-electron chi connectivity index (χ3n) is 4.59. The molecule has 1 aromatic carbocycles. The molecule has 26 heavy (non-hydrogen) atoms. The second kappa shape index (κ2) is 10.1. The average Bonchev–Trinajstić information content (AvgIpc) is 3.20. The van der Waals surface area contributed by atoms with Crippen LogP contribution in [0.4, 0.5) is 0 Å². The number of rotatable bonds is 9. The largest absolute Gasteiger partial charge is 0.358 e. The van der Waals surface area contributed by atoms with Crippen LogP contribution in [-0.2, 0) is 9.59 Å². The second-order valence-electron chi connectivity index (χ2n) is 6.36. The zero-order chi connectivity index (χ0) is 18.9. The molecule has 5 nitrogen and oxygen atoms in total. The van der Waals surface area contributed by atoms with Gasteiger partial charge in [-0.05, 0) is 29.3 Å². The Labute approximate surface area is 159 Å². The number of nitrogens with one attached hydrogen (secondary N) is 2. The molecule has 0 aliphatic heterocycles. The summed E-state index contributed by atoms with van der Waals surface area (Å²) in [6.45, 7) is 4.70. The molecule has 2 amide bonds. The topological polar surface area (TPSA) is 74.8 Å². The number of hydrogen-bond acceptors (Lipinski definition) is 3. The summed E-state index contributed by atoms with van der Waals surface area (Å²) < 4.78 is 0. The van der Waals surface area contributed by atoms with Gasteiger partial charge in [0.05, 0.1) is 11.4 Å². The molecule has 6 heteroatoms. The SMILES string of the molecule is CC[C@H](C)c1ccc([C@H]([NH2+]CC(=O)NCC(=O)NC)c2cccs2)cc1. The van der Waals surface area contributed by atoms with E-state index >= 15 is 0 Å². The van der Waals surface area contributed by atoms with E-state index in [1.165, 1.54) is 16.0 Å². The fourth-order valence-electron chi connectivity index (χ4n) is 2.72. The number of nitrogens with two attached hydrogens (primary N) is 1. The highest BCUT2D eigenvalue weighted by Gasteiger charge is 2.20.